The highest BCUT2D eigenvalue weighted by Crippen LogP contribution is 2.36. The van der Waals surface area contributed by atoms with Gasteiger partial charge in [0.15, 0.2) is 0 Å². The summed E-state index contributed by atoms with van der Waals surface area (Å²) in [7, 11) is 0. The molecule has 0 bridgehead atoms. The second-order valence-corrected chi connectivity index (χ2v) is 8.80. The van der Waals surface area contributed by atoms with Gasteiger partial charge in [0.05, 0.1) is 22.1 Å². The number of hydrogen-bond acceptors (Lipinski definition) is 6. The van der Waals surface area contributed by atoms with Crippen LogP contribution in [-0.2, 0) is 12.4 Å². The zero-order chi connectivity index (χ0) is 26.7. The Bertz CT molecular complexity index is 1540. The van der Waals surface area contributed by atoms with Crippen LogP contribution in [0.1, 0.15) is 30.9 Å². The monoisotopic (exact) mass is 532 g/mol. The Morgan fingerprint density at radius 2 is 0.947 bits per heavy atom. The van der Waals surface area contributed by atoms with Crippen LogP contribution in [0.25, 0.3) is 34.0 Å². The van der Waals surface area contributed by atoms with E-state index in [9.17, 15) is 26.3 Å². The molecular weight excluding hydrogens is 514 g/mol. The third kappa shape index (κ3) is 4.09. The van der Waals surface area contributed by atoms with Crippen molar-refractivity contribution in [2.24, 2.45) is 0 Å². The van der Waals surface area contributed by atoms with Crippen molar-refractivity contribution in [3.63, 3.8) is 0 Å². The zero-order valence-corrected chi connectivity index (χ0v) is 19.5. The lowest BCUT2D eigenvalue weighted by Gasteiger charge is -2.27. The van der Waals surface area contributed by atoms with Crippen LogP contribution in [0.5, 0.6) is 0 Å². The quantitative estimate of drug-likeness (QED) is 0.283. The molecule has 4 heterocycles. The van der Waals surface area contributed by atoms with Crippen LogP contribution in [0.4, 0.5) is 32.3 Å². The van der Waals surface area contributed by atoms with E-state index in [1.165, 1.54) is 48.5 Å². The number of aromatic nitrogens is 7. The Morgan fingerprint density at radius 1 is 0.526 bits per heavy atom. The van der Waals surface area contributed by atoms with Crippen LogP contribution in [0.2, 0.25) is 0 Å². The molecule has 5 aromatic rings. The molecule has 0 atom stereocenters. The lowest BCUT2D eigenvalue weighted by Crippen LogP contribution is -2.32. The van der Waals surface area contributed by atoms with Crippen molar-refractivity contribution in [3.05, 3.63) is 60.2 Å². The normalized spacial score (nSPS) is 15.1. The molecule has 1 saturated heterocycles. The number of anilines is 1. The molecule has 1 aliphatic rings. The van der Waals surface area contributed by atoms with Crippen molar-refractivity contribution in [2.45, 2.75) is 31.6 Å². The minimum atomic E-state index is -4.89. The standard InChI is InChI=1S/C24H18F6N8/c25-23(26,27)18-31-14-8-2-4-10-16(14)37(18)21-33-20(36-12-6-1-7-13-36)34-22(35-21)38-17-11-5-3-9-15(17)32-19(38)24(28,29)30/h2-5,8-11H,1,6-7,12-13H2. The van der Waals surface area contributed by atoms with E-state index in [0.29, 0.717) is 22.2 Å². The minimum absolute atomic E-state index is 0.0264. The molecule has 1 aliphatic heterocycles. The van der Waals surface area contributed by atoms with Crippen molar-refractivity contribution < 1.29 is 26.3 Å². The van der Waals surface area contributed by atoms with Gasteiger partial charge in [0.1, 0.15) is 0 Å². The molecule has 3 aromatic heterocycles. The SMILES string of the molecule is FC(F)(F)c1nc2ccccc2n1-c1nc(N2CCCCC2)nc(-n2c(C(F)(F)F)nc3ccccc32)n1. The lowest BCUT2D eigenvalue weighted by atomic mass is 10.1. The molecule has 0 aliphatic carbocycles. The summed E-state index contributed by atoms with van der Waals surface area (Å²) in [6, 6.07) is 11.7. The average Bonchev–Trinajstić information content (AvgIpc) is 3.49. The fraction of sp³-hybridized carbons (Fsp3) is 0.292. The number of rotatable bonds is 3. The van der Waals surface area contributed by atoms with Crippen molar-refractivity contribution in [2.75, 3.05) is 18.0 Å². The smallest absolute Gasteiger partial charge is 0.341 e. The first-order valence-corrected chi connectivity index (χ1v) is 11.7. The Kier molecular flexibility index (Phi) is 5.50. The maximum Gasteiger partial charge on any atom is 0.450 e. The average molecular weight is 532 g/mol. The van der Waals surface area contributed by atoms with Crippen LogP contribution in [0, 0.1) is 0 Å². The number of alkyl halides is 6. The van der Waals surface area contributed by atoms with Gasteiger partial charge in [0.25, 0.3) is 0 Å². The molecular formula is C24H18F6N8. The maximum atomic E-state index is 14.1. The fourth-order valence-corrected chi connectivity index (χ4v) is 4.62. The van der Waals surface area contributed by atoms with Gasteiger partial charge in [-0.2, -0.15) is 41.3 Å². The predicted octanol–water partition coefficient (Wildman–Crippen LogP) is 5.58. The molecule has 0 N–H and O–H groups in total. The molecule has 0 saturated carbocycles. The maximum absolute atomic E-state index is 14.1. The number of halogens is 6. The molecule has 1 fully saturated rings. The first-order valence-electron chi connectivity index (χ1n) is 11.7. The number of nitrogens with zero attached hydrogens (tertiary/aromatic N) is 8. The molecule has 0 spiro atoms. The van der Waals surface area contributed by atoms with Crippen LogP contribution in [-0.4, -0.2) is 47.1 Å². The molecule has 14 heteroatoms. The largest absolute Gasteiger partial charge is 0.450 e. The molecule has 0 radical (unpaired) electrons. The van der Waals surface area contributed by atoms with Crippen LogP contribution < -0.4 is 4.90 Å². The highest BCUT2D eigenvalue weighted by atomic mass is 19.4. The predicted molar refractivity (Wildman–Crippen MR) is 125 cm³/mol. The third-order valence-electron chi connectivity index (χ3n) is 6.27. The van der Waals surface area contributed by atoms with Gasteiger partial charge in [0.2, 0.25) is 29.5 Å². The van der Waals surface area contributed by atoms with Gasteiger partial charge in [0, 0.05) is 13.1 Å². The van der Waals surface area contributed by atoms with E-state index in [0.717, 1.165) is 19.3 Å². The Hall–Kier alpha value is -4.23. The van der Waals surface area contributed by atoms with Gasteiger partial charge in [-0.25, -0.2) is 9.97 Å². The fourth-order valence-electron chi connectivity index (χ4n) is 4.62. The van der Waals surface area contributed by atoms with Crippen LogP contribution >= 0.6 is 0 Å². The van der Waals surface area contributed by atoms with E-state index >= 15 is 0 Å². The first-order chi connectivity index (χ1) is 18.1. The van der Waals surface area contributed by atoms with E-state index < -0.39 is 35.9 Å². The minimum Gasteiger partial charge on any atom is -0.341 e. The molecule has 0 amide bonds. The number of para-hydroxylation sites is 4. The second kappa shape index (κ2) is 8.67. The number of fused-ring (bicyclic) bond motifs is 2. The second-order valence-electron chi connectivity index (χ2n) is 8.80. The summed E-state index contributed by atoms with van der Waals surface area (Å²) >= 11 is 0. The highest BCUT2D eigenvalue weighted by molar-refractivity contribution is 5.79. The molecule has 6 rings (SSSR count). The van der Waals surface area contributed by atoms with E-state index in [4.69, 9.17) is 0 Å². The summed E-state index contributed by atoms with van der Waals surface area (Å²) in [5.74, 6) is -3.62. The Morgan fingerprint density at radius 3 is 1.39 bits per heavy atom. The Balaban J connectivity index is 1.68. The van der Waals surface area contributed by atoms with Gasteiger partial charge in [-0.3, -0.25) is 9.13 Å². The summed E-state index contributed by atoms with van der Waals surface area (Å²) in [6.07, 6.45) is -7.29. The van der Waals surface area contributed by atoms with Crippen LogP contribution in [0.15, 0.2) is 48.5 Å². The number of hydrogen-bond donors (Lipinski definition) is 0. The number of benzene rings is 2. The third-order valence-corrected chi connectivity index (χ3v) is 6.27. The molecule has 2 aromatic carbocycles. The summed E-state index contributed by atoms with van der Waals surface area (Å²) < 4.78 is 86.0. The van der Waals surface area contributed by atoms with Gasteiger partial charge < -0.3 is 4.90 Å². The lowest BCUT2D eigenvalue weighted by molar-refractivity contribution is -0.146. The van der Waals surface area contributed by atoms with E-state index in [1.807, 2.05) is 0 Å². The zero-order valence-electron chi connectivity index (χ0n) is 19.5. The molecule has 8 nitrogen and oxygen atoms in total. The van der Waals surface area contributed by atoms with Gasteiger partial charge in [-0.05, 0) is 43.5 Å². The van der Waals surface area contributed by atoms with E-state index in [2.05, 4.69) is 24.9 Å². The van der Waals surface area contributed by atoms with Crippen molar-refractivity contribution >= 4 is 28.0 Å². The molecule has 38 heavy (non-hydrogen) atoms. The van der Waals surface area contributed by atoms with Crippen molar-refractivity contribution in [1.82, 2.24) is 34.1 Å². The molecule has 0 unspecified atom stereocenters. The van der Waals surface area contributed by atoms with Crippen molar-refractivity contribution in [3.8, 4) is 11.9 Å². The summed E-state index contributed by atoms with van der Waals surface area (Å²) in [5, 5.41) is 0. The van der Waals surface area contributed by atoms with Gasteiger partial charge >= 0.3 is 12.4 Å². The molecule has 196 valence electrons. The summed E-state index contributed by atoms with van der Waals surface area (Å²) in [5.41, 5.74) is 0.164. The first kappa shape index (κ1) is 24.1. The number of piperidine rings is 1. The van der Waals surface area contributed by atoms with Crippen LogP contribution in [0.3, 0.4) is 0 Å². The van der Waals surface area contributed by atoms with Gasteiger partial charge in [-0.15, -0.1) is 0 Å². The summed E-state index contributed by atoms with van der Waals surface area (Å²) in [6.45, 7) is 0.993. The Labute approximate surface area is 210 Å². The topological polar surface area (TPSA) is 77.5 Å². The summed E-state index contributed by atoms with van der Waals surface area (Å²) in [4.78, 5) is 22.0. The number of imidazole rings is 2. The van der Waals surface area contributed by atoms with E-state index in [-0.39, 0.29) is 28.0 Å². The van der Waals surface area contributed by atoms with Gasteiger partial charge in [-0.1, -0.05) is 24.3 Å². The highest BCUT2D eigenvalue weighted by Gasteiger charge is 2.41. The van der Waals surface area contributed by atoms with Crippen molar-refractivity contribution in [1.29, 1.82) is 0 Å². The van der Waals surface area contributed by atoms with E-state index in [1.54, 1.807) is 4.90 Å².